The summed E-state index contributed by atoms with van der Waals surface area (Å²) in [6, 6.07) is 0. The molecule has 12 heavy (non-hydrogen) atoms. The molecule has 1 aliphatic heterocycles. The molecule has 66 valence electrons. The first-order valence-corrected chi connectivity index (χ1v) is 4.09. The lowest BCUT2D eigenvalue weighted by molar-refractivity contribution is -0.125. The van der Waals surface area contributed by atoms with Crippen molar-refractivity contribution in [3.63, 3.8) is 0 Å². The van der Waals surface area contributed by atoms with Gasteiger partial charge in [0, 0.05) is 6.42 Å². The van der Waals surface area contributed by atoms with Crippen molar-refractivity contribution in [1.82, 2.24) is 5.32 Å². The quantitative estimate of drug-likeness (QED) is 0.492. The molecule has 1 rings (SSSR count). The second-order valence-electron chi connectivity index (χ2n) is 3.15. The van der Waals surface area contributed by atoms with Crippen molar-refractivity contribution in [2.24, 2.45) is 5.92 Å². The Hall–Kier alpha value is -1.12. The summed E-state index contributed by atoms with van der Waals surface area (Å²) in [6.07, 6.45) is 3.02. The fraction of sp³-hybridized carbons (Fsp3) is 0.556. The molecule has 0 spiro atoms. The molecular formula is C9H13NO2. The highest BCUT2D eigenvalue weighted by Gasteiger charge is 2.29. The molecule has 1 heterocycles. The number of hydrogen-bond donors (Lipinski definition) is 1. The third-order valence-electron chi connectivity index (χ3n) is 2.13. The first-order chi connectivity index (χ1) is 5.63. The van der Waals surface area contributed by atoms with E-state index in [2.05, 4.69) is 5.32 Å². The molecule has 1 aliphatic rings. The molecule has 0 bridgehead atoms. The lowest BCUT2D eigenvalue weighted by atomic mass is 9.99. The highest BCUT2D eigenvalue weighted by molar-refractivity contribution is 6.03. The highest BCUT2D eigenvalue weighted by atomic mass is 16.2. The van der Waals surface area contributed by atoms with Crippen LogP contribution in [0.25, 0.3) is 0 Å². The number of carbonyl (C=O) groups is 2. The summed E-state index contributed by atoms with van der Waals surface area (Å²) < 4.78 is 0. The average molecular weight is 167 g/mol. The van der Waals surface area contributed by atoms with Crippen LogP contribution in [0, 0.1) is 5.92 Å². The zero-order valence-corrected chi connectivity index (χ0v) is 7.39. The summed E-state index contributed by atoms with van der Waals surface area (Å²) in [5.74, 6) is -0.399. The van der Waals surface area contributed by atoms with Gasteiger partial charge in [0.05, 0.1) is 5.92 Å². The van der Waals surface area contributed by atoms with Gasteiger partial charge in [-0.25, -0.2) is 0 Å². The monoisotopic (exact) mass is 167 g/mol. The maximum atomic E-state index is 11.1. The van der Waals surface area contributed by atoms with Gasteiger partial charge >= 0.3 is 0 Å². The maximum Gasteiger partial charge on any atom is 0.230 e. The van der Waals surface area contributed by atoms with Crippen LogP contribution in [0.5, 0.6) is 0 Å². The summed E-state index contributed by atoms with van der Waals surface area (Å²) >= 11 is 0. The minimum Gasteiger partial charge on any atom is -0.296 e. The summed E-state index contributed by atoms with van der Waals surface area (Å²) in [7, 11) is 0. The number of rotatable bonds is 2. The van der Waals surface area contributed by atoms with E-state index in [-0.39, 0.29) is 17.7 Å². The fourth-order valence-corrected chi connectivity index (χ4v) is 1.28. The molecule has 0 aromatic heterocycles. The SMILES string of the molecule is C/C=C(/C)CC1CC(=O)NC1=O. The van der Waals surface area contributed by atoms with Crippen LogP contribution in [0.2, 0.25) is 0 Å². The van der Waals surface area contributed by atoms with Crippen LogP contribution in [-0.2, 0) is 9.59 Å². The first-order valence-electron chi connectivity index (χ1n) is 4.09. The van der Waals surface area contributed by atoms with Crippen molar-refractivity contribution in [1.29, 1.82) is 0 Å². The highest BCUT2D eigenvalue weighted by Crippen LogP contribution is 2.19. The smallest absolute Gasteiger partial charge is 0.230 e. The minimum atomic E-state index is -0.145. The predicted molar refractivity (Wildman–Crippen MR) is 45.3 cm³/mol. The molecule has 0 aromatic carbocycles. The molecule has 1 atom stereocenters. The van der Waals surface area contributed by atoms with Gasteiger partial charge in [0.15, 0.2) is 0 Å². The van der Waals surface area contributed by atoms with Gasteiger partial charge < -0.3 is 0 Å². The first kappa shape index (κ1) is 8.97. The van der Waals surface area contributed by atoms with Gasteiger partial charge in [-0.05, 0) is 20.3 Å². The Morgan fingerprint density at radius 1 is 1.67 bits per heavy atom. The van der Waals surface area contributed by atoms with E-state index in [1.807, 2.05) is 19.9 Å². The van der Waals surface area contributed by atoms with Gasteiger partial charge in [0.2, 0.25) is 11.8 Å². The second kappa shape index (κ2) is 3.52. The van der Waals surface area contributed by atoms with Crippen LogP contribution in [-0.4, -0.2) is 11.8 Å². The van der Waals surface area contributed by atoms with Crippen molar-refractivity contribution in [2.45, 2.75) is 26.7 Å². The van der Waals surface area contributed by atoms with Crippen LogP contribution in [0.1, 0.15) is 26.7 Å². The van der Waals surface area contributed by atoms with Gasteiger partial charge in [-0.2, -0.15) is 0 Å². The molecular weight excluding hydrogens is 154 g/mol. The molecule has 3 nitrogen and oxygen atoms in total. The summed E-state index contributed by atoms with van der Waals surface area (Å²) in [5, 5.41) is 2.29. The van der Waals surface area contributed by atoms with Crippen molar-refractivity contribution in [3.05, 3.63) is 11.6 Å². The van der Waals surface area contributed by atoms with E-state index in [0.717, 1.165) is 5.57 Å². The molecule has 2 amide bonds. The van der Waals surface area contributed by atoms with Crippen molar-refractivity contribution < 1.29 is 9.59 Å². The third kappa shape index (κ3) is 1.94. The molecule has 1 unspecified atom stereocenters. The van der Waals surface area contributed by atoms with Gasteiger partial charge in [-0.3, -0.25) is 14.9 Å². The van der Waals surface area contributed by atoms with E-state index in [1.54, 1.807) is 0 Å². The van der Waals surface area contributed by atoms with Gasteiger partial charge in [0.25, 0.3) is 0 Å². The van der Waals surface area contributed by atoms with Crippen LogP contribution < -0.4 is 5.32 Å². The maximum absolute atomic E-state index is 11.1. The molecule has 0 radical (unpaired) electrons. The number of nitrogens with one attached hydrogen (secondary N) is 1. The Morgan fingerprint density at radius 2 is 2.33 bits per heavy atom. The Bertz CT molecular complexity index is 243. The number of amides is 2. The summed E-state index contributed by atoms with van der Waals surface area (Å²) in [4.78, 5) is 21.9. The average Bonchev–Trinajstić information content (AvgIpc) is 2.30. The Labute approximate surface area is 71.8 Å². The number of carbonyl (C=O) groups excluding carboxylic acids is 2. The van der Waals surface area contributed by atoms with Gasteiger partial charge in [0.1, 0.15) is 0 Å². The zero-order chi connectivity index (χ0) is 9.14. The van der Waals surface area contributed by atoms with E-state index in [0.29, 0.717) is 12.8 Å². The molecule has 3 heteroatoms. The van der Waals surface area contributed by atoms with Crippen LogP contribution in [0.4, 0.5) is 0 Å². The normalized spacial score (nSPS) is 24.5. The number of allylic oxidation sites excluding steroid dienone is 2. The van der Waals surface area contributed by atoms with Gasteiger partial charge in [-0.15, -0.1) is 0 Å². The van der Waals surface area contributed by atoms with Crippen molar-refractivity contribution in [3.8, 4) is 0 Å². The van der Waals surface area contributed by atoms with Crippen molar-refractivity contribution >= 4 is 11.8 Å². The Kier molecular flexibility index (Phi) is 2.63. The second-order valence-corrected chi connectivity index (χ2v) is 3.15. The summed E-state index contributed by atoms with van der Waals surface area (Å²) in [5.41, 5.74) is 1.16. The summed E-state index contributed by atoms with van der Waals surface area (Å²) in [6.45, 7) is 3.90. The third-order valence-corrected chi connectivity index (χ3v) is 2.13. The molecule has 0 aliphatic carbocycles. The molecule has 0 aromatic rings. The largest absolute Gasteiger partial charge is 0.296 e. The van der Waals surface area contributed by atoms with Crippen LogP contribution in [0.3, 0.4) is 0 Å². The molecule has 1 N–H and O–H groups in total. The fourth-order valence-electron chi connectivity index (χ4n) is 1.28. The molecule has 1 fully saturated rings. The van der Waals surface area contributed by atoms with E-state index < -0.39 is 0 Å². The van der Waals surface area contributed by atoms with Crippen LogP contribution in [0.15, 0.2) is 11.6 Å². The minimum absolute atomic E-state index is 0.124. The lowest BCUT2D eigenvalue weighted by Gasteiger charge is -2.04. The number of imide groups is 1. The standard InChI is InChI=1S/C9H13NO2/c1-3-6(2)4-7-5-8(11)10-9(7)12/h3,7H,4-5H2,1-2H3,(H,10,11,12)/b6-3-. The van der Waals surface area contributed by atoms with Crippen LogP contribution >= 0.6 is 0 Å². The zero-order valence-electron chi connectivity index (χ0n) is 7.39. The van der Waals surface area contributed by atoms with E-state index in [1.165, 1.54) is 0 Å². The van der Waals surface area contributed by atoms with Gasteiger partial charge in [-0.1, -0.05) is 11.6 Å². The predicted octanol–water partition coefficient (Wildman–Crippen LogP) is 1.01. The Morgan fingerprint density at radius 3 is 2.75 bits per heavy atom. The number of hydrogen-bond acceptors (Lipinski definition) is 2. The molecule has 0 saturated carbocycles. The Balaban J connectivity index is 2.54. The van der Waals surface area contributed by atoms with E-state index >= 15 is 0 Å². The van der Waals surface area contributed by atoms with E-state index in [4.69, 9.17) is 0 Å². The van der Waals surface area contributed by atoms with E-state index in [9.17, 15) is 9.59 Å². The lowest BCUT2D eigenvalue weighted by Crippen LogP contribution is -2.22. The topological polar surface area (TPSA) is 46.2 Å². The molecule has 1 saturated heterocycles. The van der Waals surface area contributed by atoms with Crippen molar-refractivity contribution in [2.75, 3.05) is 0 Å².